The summed E-state index contributed by atoms with van der Waals surface area (Å²) in [6.07, 6.45) is 0. The molecule has 0 aliphatic rings. The molecule has 0 unspecified atom stereocenters. The Morgan fingerprint density at radius 3 is 1.31 bits per heavy atom. The molecule has 0 bridgehead atoms. The fourth-order valence-corrected chi connectivity index (χ4v) is 1.02. The molecule has 6 radical (unpaired) electrons. The Kier molecular flexibility index (Phi) is 50.1. The number of rotatable bonds is 0. The second kappa shape index (κ2) is 21.1. The van der Waals surface area contributed by atoms with E-state index >= 15 is 0 Å². The van der Waals surface area contributed by atoms with Gasteiger partial charge in [-0.3, -0.25) is 11.1 Å². The summed E-state index contributed by atoms with van der Waals surface area (Å²) in [5.74, 6) is 0. The van der Waals surface area contributed by atoms with E-state index in [4.69, 9.17) is 5.73 Å². The van der Waals surface area contributed by atoms with E-state index in [0.29, 0.717) is 5.69 Å². The molecule has 0 aromatic heterocycles. The largest absolute Gasteiger partial charge is 0.443 e. The third-order valence-electron chi connectivity index (χ3n) is 1.30. The summed E-state index contributed by atoms with van der Waals surface area (Å²) in [5, 5.41) is 0. The summed E-state index contributed by atoms with van der Waals surface area (Å²) in [6, 6.07) is 5.91. The maximum Gasteiger partial charge on any atom is 0 e. The molecule has 0 fully saturated rings. The Hall–Kier alpha value is 6.12. The molecule has 16 heavy (non-hydrogen) atoms. The van der Waals surface area contributed by atoms with Crippen LogP contribution in [0.25, 0.3) is 0 Å². The van der Waals surface area contributed by atoms with Crippen molar-refractivity contribution in [1.29, 1.82) is 0 Å². The molecule has 0 saturated heterocycles. The van der Waals surface area contributed by atoms with Crippen LogP contribution in [0.4, 0.5) is 5.69 Å². The average molecular weight is 731 g/mol. The molecule has 72 valence electrons. The topological polar surface area (TPSA) is 26.0 Å². The predicted octanol–water partition coefficient (Wildman–Crippen LogP) is 2.23. The molecule has 0 aliphatic heterocycles. The van der Waals surface area contributed by atoms with Gasteiger partial charge >= 0.3 is 0 Å². The molecule has 0 saturated carbocycles. The van der Waals surface area contributed by atoms with Crippen LogP contribution in [0, 0.1) is 26.0 Å². The molecule has 8 heteroatoms. The normalized spacial score (nSPS) is 6.19. The number of nitrogens with two attached hydrogens (primary N) is 1. The van der Waals surface area contributed by atoms with Crippen LogP contribution in [-0.2, 0) is 196 Å². The predicted molar refractivity (Wildman–Crippen MR) is 45.7 cm³/mol. The van der Waals surface area contributed by atoms with Crippen molar-refractivity contribution < 1.29 is 196 Å². The van der Waals surface area contributed by atoms with Crippen molar-refractivity contribution in [2.24, 2.45) is 0 Å². The van der Waals surface area contributed by atoms with Crippen molar-refractivity contribution in [3.63, 3.8) is 0 Å². The fourth-order valence-electron chi connectivity index (χ4n) is 0.826. The fraction of sp³-hybridized carbons (Fsp3) is 0.250. The molecular formula is C8H8BrNY6-2. The van der Waals surface area contributed by atoms with Crippen LogP contribution in [0.5, 0.6) is 0 Å². The second-order valence-electron chi connectivity index (χ2n) is 2.23. The van der Waals surface area contributed by atoms with Crippen molar-refractivity contribution in [3.8, 4) is 0 Å². The van der Waals surface area contributed by atoms with E-state index < -0.39 is 0 Å². The maximum atomic E-state index is 5.50. The molecule has 0 atom stereocenters. The van der Waals surface area contributed by atoms with Gasteiger partial charge in [-0.1, -0.05) is 13.8 Å². The number of halogens is 1. The van der Waals surface area contributed by atoms with Gasteiger partial charge in [0.15, 0.2) is 0 Å². The van der Waals surface area contributed by atoms with Gasteiger partial charge in [-0.2, -0.15) is 0 Å². The first-order valence-electron chi connectivity index (χ1n) is 2.98. The first kappa shape index (κ1) is 38.0. The van der Waals surface area contributed by atoms with Gasteiger partial charge in [0.1, 0.15) is 0 Å². The van der Waals surface area contributed by atoms with Crippen LogP contribution in [-0.4, -0.2) is 0 Å². The Morgan fingerprint density at radius 1 is 0.812 bits per heavy atom. The molecule has 2 N–H and O–H groups in total. The standard InChI is InChI=1S/C8H8BrN.6Y/c1-5-3-7(10)4-6(2)8(5)9;;;;;;/h10H2,1-2H3;;;;;;/q-2;;;;;;. The summed E-state index contributed by atoms with van der Waals surface area (Å²) < 4.78 is 1.04. The zero-order valence-electron chi connectivity index (χ0n) is 9.42. The van der Waals surface area contributed by atoms with Crippen molar-refractivity contribution >= 4 is 21.6 Å². The van der Waals surface area contributed by atoms with Gasteiger partial charge in [0.2, 0.25) is 0 Å². The first-order chi connectivity index (χ1) is 4.61. The summed E-state index contributed by atoms with van der Waals surface area (Å²) in [6.45, 7) is 3.92. The smallest absolute Gasteiger partial charge is 0 e. The van der Waals surface area contributed by atoms with Gasteiger partial charge in [-0.15, -0.1) is 0 Å². The van der Waals surface area contributed by atoms with E-state index in [1.54, 1.807) is 0 Å². The van der Waals surface area contributed by atoms with E-state index in [1.165, 1.54) is 0 Å². The van der Waals surface area contributed by atoms with E-state index in [0.717, 1.165) is 15.6 Å². The maximum absolute atomic E-state index is 5.50. The van der Waals surface area contributed by atoms with E-state index in [2.05, 4.69) is 28.1 Å². The van der Waals surface area contributed by atoms with Gasteiger partial charge in [0.05, 0.1) is 0 Å². The number of hydrogen-bond acceptors (Lipinski definition) is 1. The van der Waals surface area contributed by atoms with Crippen molar-refractivity contribution in [1.82, 2.24) is 0 Å². The minimum atomic E-state index is 0. The number of aryl methyl sites for hydroxylation is 2. The van der Waals surface area contributed by atoms with Crippen molar-refractivity contribution in [3.05, 3.63) is 27.7 Å². The first-order valence-corrected chi connectivity index (χ1v) is 3.77. The van der Waals surface area contributed by atoms with Crippen LogP contribution in [0.1, 0.15) is 11.1 Å². The van der Waals surface area contributed by atoms with E-state index in [-0.39, 0.29) is 196 Å². The number of benzene rings is 1. The molecule has 1 aromatic rings. The second-order valence-corrected chi connectivity index (χ2v) is 3.02. The number of nitrogen functional groups attached to an aromatic ring is 1. The van der Waals surface area contributed by atoms with Gasteiger partial charge in [0, 0.05) is 196 Å². The van der Waals surface area contributed by atoms with Gasteiger partial charge in [0.25, 0.3) is 0 Å². The van der Waals surface area contributed by atoms with Crippen molar-refractivity contribution in [2.75, 3.05) is 5.73 Å². The Balaban J connectivity index is -0.0000000417. The summed E-state index contributed by atoms with van der Waals surface area (Å²) >= 11 is 3.40. The van der Waals surface area contributed by atoms with E-state index in [9.17, 15) is 0 Å². The SMILES string of the molecule is Cc1[c-]c(N)[c-]c(C)c1Br.[Y].[Y].[Y].[Y].[Y].[Y]. The molecular weight excluding hydrogens is 723 g/mol. The van der Waals surface area contributed by atoms with E-state index in [1.807, 2.05) is 13.8 Å². The zero-order chi connectivity index (χ0) is 7.72. The molecule has 1 rings (SSSR count). The van der Waals surface area contributed by atoms with Gasteiger partial charge < -0.3 is 17.9 Å². The Bertz CT molecular complexity index is 248. The molecule has 0 spiro atoms. The molecule has 1 aromatic carbocycles. The summed E-state index contributed by atoms with van der Waals surface area (Å²) in [4.78, 5) is 0. The Morgan fingerprint density at radius 2 is 1.06 bits per heavy atom. The molecule has 0 amide bonds. The van der Waals surface area contributed by atoms with Gasteiger partial charge in [-0.05, 0) is 0 Å². The van der Waals surface area contributed by atoms with Crippen LogP contribution in [0.15, 0.2) is 4.47 Å². The van der Waals surface area contributed by atoms with Gasteiger partial charge in [-0.25, -0.2) is 26.1 Å². The van der Waals surface area contributed by atoms with Crippen LogP contribution >= 0.6 is 15.9 Å². The zero-order valence-corrected chi connectivity index (χ0v) is 28.0. The minimum Gasteiger partial charge on any atom is -0.443 e. The number of hydrogen-bond donors (Lipinski definition) is 1. The molecule has 0 heterocycles. The van der Waals surface area contributed by atoms with Crippen LogP contribution in [0.2, 0.25) is 0 Å². The molecule has 1 nitrogen and oxygen atoms in total. The quantitative estimate of drug-likeness (QED) is 0.322. The summed E-state index contributed by atoms with van der Waals surface area (Å²) in [5.41, 5.74) is 8.15. The monoisotopic (exact) mass is 730 g/mol. The Labute approximate surface area is 258 Å². The third kappa shape index (κ3) is 15.0. The van der Waals surface area contributed by atoms with Crippen LogP contribution in [0.3, 0.4) is 0 Å². The number of anilines is 1. The molecule has 0 aliphatic carbocycles. The minimum absolute atomic E-state index is 0. The average Bonchev–Trinajstić information content (AvgIpc) is 1.82. The summed E-state index contributed by atoms with van der Waals surface area (Å²) in [7, 11) is 0. The van der Waals surface area contributed by atoms with Crippen molar-refractivity contribution in [2.45, 2.75) is 13.8 Å². The van der Waals surface area contributed by atoms with Crippen LogP contribution < -0.4 is 5.73 Å². The third-order valence-corrected chi connectivity index (χ3v) is 2.49.